The molecule has 0 amide bonds. The summed E-state index contributed by atoms with van der Waals surface area (Å²) in [7, 11) is 0. The van der Waals surface area contributed by atoms with Crippen molar-refractivity contribution in [2.75, 3.05) is 6.54 Å². The smallest absolute Gasteiger partial charge is 0.258 e. The third-order valence-electron chi connectivity index (χ3n) is 1.90. The van der Waals surface area contributed by atoms with Gasteiger partial charge in [0, 0.05) is 33.7 Å². The first-order valence-electron chi connectivity index (χ1n) is 4.35. The number of benzene rings is 1. The van der Waals surface area contributed by atoms with E-state index in [4.69, 9.17) is 5.53 Å². The molecule has 0 radical (unpaired) electrons. The largest absolute Gasteiger partial charge is 0.279 e. The lowest BCUT2D eigenvalue weighted by Gasteiger charge is -2.01. The molecular formula is C8H8BrN5O2. The van der Waals surface area contributed by atoms with Crippen LogP contribution in [0.15, 0.2) is 23.3 Å². The van der Waals surface area contributed by atoms with Crippen molar-refractivity contribution in [3.63, 3.8) is 0 Å². The summed E-state index contributed by atoms with van der Waals surface area (Å²) in [6.07, 6.45) is 0.642. The first-order valence-corrected chi connectivity index (χ1v) is 5.14. The molecule has 0 bridgehead atoms. The van der Waals surface area contributed by atoms with Gasteiger partial charge in [-0.15, -0.1) is 0 Å². The maximum Gasteiger partial charge on any atom is 0.279 e. The third kappa shape index (κ3) is 3.20. The molecule has 0 atom stereocenters. The summed E-state index contributed by atoms with van der Waals surface area (Å²) in [6.45, 7) is 0.651. The van der Waals surface area contributed by atoms with Gasteiger partial charge in [-0.1, -0.05) is 11.2 Å². The standard InChI is InChI=1S/C8H8BrN5O2/c9-11-4-3-6-1-2-7(12-13-10)8(5-6)14(15)16/h1-2,5,11H,3-4H2. The summed E-state index contributed by atoms with van der Waals surface area (Å²) >= 11 is 3.04. The molecule has 0 aliphatic heterocycles. The number of hydrogen-bond acceptors (Lipinski definition) is 4. The van der Waals surface area contributed by atoms with Crippen LogP contribution in [0.2, 0.25) is 0 Å². The van der Waals surface area contributed by atoms with Crippen LogP contribution in [0.1, 0.15) is 5.56 Å². The summed E-state index contributed by atoms with van der Waals surface area (Å²) in [5, 5.41) is 14.0. The molecule has 0 saturated heterocycles. The normalized spacial score (nSPS) is 9.56. The van der Waals surface area contributed by atoms with Crippen LogP contribution >= 0.6 is 16.1 Å². The molecule has 0 heterocycles. The lowest BCUT2D eigenvalue weighted by molar-refractivity contribution is -0.384. The van der Waals surface area contributed by atoms with Crippen LogP contribution < -0.4 is 4.34 Å². The fourth-order valence-corrected chi connectivity index (χ4v) is 1.39. The van der Waals surface area contributed by atoms with Crippen LogP contribution in [0.25, 0.3) is 10.4 Å². The third-order valence-corrected chi connectivity index (χ3v) is 2.29. The second-order valence-electron chi connectivity index (χ2n) is 2.90. The molecule has 16 heavy (non-hydrogen) atoms. The number of nitro groups is 1. The molecule has 84 valence electrons. The number of nitrogens with zero attached hydrogens (tertiary/aromatic N) is 4. The molecule has 0 aliphatic carbocycles. The summed E-state index contributed by atoms with van der Waals surface area (Å²) in [5.41, 5.74) is 8.91. The minimum absolute atomic E-state index is 0.0306. The van der Waals surface area contributed by atoms with Crippen molar-refractivity contribution < 1.29 is 4.92 Å². The summed E-state index contributed by atoms with van der Waals surface area (Å²) in [5.74, 6) is 0. The Morgan fingerprint density at radius 3 is 2.94 bits per heavy atom. The molecule has 0 saturated carbocycles. The molecule has 0 spiro atoms. The molecule has 1 rings (SSSR count). The fraction of sp³-hybridized carbons (Fsp3) is 0.250. The highest BCUT2D eigenvalue weighted by molar-refractivity contribution is 9.08. The molecule has 7 nitrogen and oxygen atoms in total. The van der Waals surface area contributed by atoms with Crippen LogP contribution in [-0.4, -0.2) is 11.5 Å². The van der Waals surface area contributed by atoms with Gasteiger partial charge in [0.25, 0.3) is 5.69 Å². The number of nitro benzene ring substituents is 1. The number of halogens is 1. The topological polar surface area (TPSA) is 104 Å². The predicted molar refractivity (Wildman–Crippen MR) is 62.5 cm³/mol. The minimum Gasteiger partial charge on any atom is -0.258 e. The van der Waals surface area contributed by atoms with E-state index in [0.717, 1.165) is 5.56 Å². The zero-order valence-corrected chi connectivity index (χ0v) is 9.72. The molecule has 0 unspecified atom stereocenters. The van der Waals surface area contributed by atoms with Crippen molar-refractivity contribution in [1.29, 1.82) is 0 Å². The van der Waals surface area contributed by atoms with Gasteiger partial charge in [-0.2, -0.15) is 0 Å². The highest BCUT2D eigenvalue weighted by Crippen LogP contribution is 2.28. The second-order valence-corrected chi connectivity index (χ2v) is 3.46. The highest BCUT2D eigenvalue weighted by Gasteiger charge is 2.12. The van der Waals surface area contributed by atoms with Gasteiger partial charge in [0.15, 0.2) is 0 Å². The number of hydrogen-bond donors (Lipinski definition) is 1. The Kier molecular flexibility index (Phi) is 4.71. The van der Waals surface area contributed by atoms with E-state index in [1.165, 1.54) is 12.1 Å². The molecule has 1 aromatic rings. The van der Waals surface area contributed by atoms with Crippen LogP contribution in [0.4, 0.5) is 11.4 Å². The van der Waals surface area contributed by atoms with Crippen LogP contribution in [0.3, 0.4) is 0 Å². The molecule has 0 aromatic heterocycles. The average molecular weight is 286 g/mol. The Hall–Kier alpha value is -1.63. The van der Waals surface area contributed by atoms with Crippen molar-refractivity contribution in [3.05, 3.63) is 44.3 Å². The highest BCUT2D eigenvalue weighted by atomic mass is 79.9. The van der Waals surface area contributed by atoms with Crippen LogP contribution in [0, 0.1) is 10.1 Å². The lowest BCUT2D eigenvalue weighted by atomic mass is 10.1. The second kappa shape index (κ2) is 6.06. The first-order chi connectivity index (χ1) is 7.69. The van der Waals surface area contributed by atoms with Gasteiger partial charge in [-0.05, 0) is 23.6 Å². The lowest BCUT2D eigenvalue weighted by Crippen LogP contribution is -2.04. The van der Waals surface area contributed by atoms with Crippen molar-refractivity contribution in [2.24, 2.45) is 5.11 Å². The van der Waals surface area contributed by atoms with Crippen LogP contribution in [-0.2, 0) is 6.42 Å². The van der Waals surface area contributed by atoms with Gasteiger partial charge in [-0.3, -0.25) is 14.5 Å². The van der Waals surface area contributed by atoms with Crippen molar-refractivity contribution in [1.82, 2.24) is 4.34 Å². The summed E-state index contributed by atoms with van der Waals surface area (Å²) in [6, 6.07) is 4.55. The Balaban J connectivity index is 3.07. The van der Waals surface area contributed by atoms with E-state index >= 15 is 0 Å². The number of azide groups is 1. The number of rotatable bonds is 5. The van der Waals surface area contributed by atoms with Gasteiger partial charge in [0.05, 0.1) is 4.92 Å². The Morgan fingerprint density at radius 2 is 2.38 bits per heavy atom. The van der Waals surface area contributed by atoms with E-state index in [0.29, 0.717) is 13.0 Å². The Labute approximate surface area is 99.6 Å². The van der Waals surface area contributed by atoms with E-state index < -0.39 is 4.92 Å². The van der Waals surface area contributed by atoms with Gasteiger partial charge < -0.3 is 0 Å². The van der Waals surface area contributed by atoms with E-state index in [1.807, 2.05) is 0 Å². The van der Waals surface area contributed by atoms with E-state index in [2.05, 4.69) is 30.5 Å². The zero-order chi connectivity index (χ0) is 12.0. The van der Waals surface area contributed by atoms with Gasteiger partial charge in [0.1, 0.15) is 5.69 Å². The monoisotopic (exact) mass is 285 g/mol. The summed E-state index contributed by atoms with van der Waals surface area (Å²) < 4.78 is 2.77. The van der Waals surface area contributed by atoms with Gasteiger partial charge in [-0.25, -0.2) is 0 Å². The van der Waals surface area contributed by atoms with Crippen molar-refractivity contribution in [2.45, 2.75) is 6.42 Å². The molecule has 0 fully saturated rings. The van der Waals surface area contributed by atoms with Crippen molar-refractivity contribution >= 4 is 27.5 Å². The quantitative estimate of drug-likeness (QED) is 0.224. The molecule has 8 heteroatoms. The van der Waals surface area contributed by atoms with Crippen molar-refractivity contribution in [3.8, 4) is 0 Å². The maximum atomic E-state index is 10.7. The first kappa shape index (κ1) is 12.4. The van der Waals surface area contributed by atoms with E-state index in [9.17, 15) is 10.1 Å². The van der Waals surface area contributed by atoms with Gasteiger partial charge in [0.2, 0.25) is 0 Å². The predicted octanol–water partition coefficient (Wildman–Crippen LogP) is 2.98. The SMILES string of the molecule is [N-]=[N+]=Nc1ccc(CCNBr)cc1[N+](=O)[O-]. The molecule has 0 aliphatic rings. The maximum absolute atomic E-state index is 10.7. The Morgan fingerprint density at radius 1 is 1.62 bits per heavy atom. The molecular weight excluding hydrogens is 278 g/mol. The number of nitrogens with one attached hydrogen (secondary N) is 1. The molecule has 1 N–H and O–H groups in total. The van der Waals surface area contributed by atoms with E-state index in [1.54, 1.807) is 6.07 Å². The fourth-order valence-electron chi connectivity index (χ4n) is 1.20. The van der Waals surface area contributed by atoms with Crippen LogP contribution in [0.5, 0.6) is 0 Å². The molecule has 1 aromatic carbocycles. The van der Waals surface area contributed by atoms with E-state index in [-0.39, 0.29) is 11.4 Å². The average Bonchev–Trinajstić information content (AvgIpc) is 2.27. The summed E-state index contributed by atoms with van der Waals surface area (Å²) in [4.78, 5) is 12.7. The Bertz CT molecular complexity index is 444. The minimum atomic E-state index is -0.560. The van der Waals surface area contributed by atoms with Gasteiger partial charge >= 0.3 is 0 Å². The zero-order valence-electron chi connectivity index (χ0n) is 8.13.